The summed E-state index contributed by atoms with van der Waals surface area (Å²) < 4.78 is 2.92. The standard InChI is InChI=1S/C32H26N2S4Se2/c1-3-7-21(8-4-1)39-19-23-29-25(11-15-35-29)33-27-13-17-37-31(27)24(20-40-22-9-5-2-6-10-22)32-28(14-18-38-32)34-26-12-16-36-30(23)26/h1-18,23-24,33-34H,19-20H2. The molecule has 200 valence electrons. The summed E-state index contributed by atoms with van der Waals surface area (Å²) in [6, 6.07) is 31.2. The molecular formula is C32H26N2S4Se2. The number of benzene rings is 2. The third kappa shape index (κ3) is 5.65. The average Bonchev–Trinajstić information content (AvgIpc) is 3.81. The summed E-state index contributed by atoms with van der Waals surface area (Å²) in [6.45, 7) is 0. The number of hydrogen-bond donors (Lipinski definition) is 2. The molecule has 0 aliphatic carbocycles. The van der Waals surface area contributed by atoms with Gasteiger partial charge in [-0.05, 0) is 0 Å². The van der Waals surface area contributed by atoms with Crippen molar-refractivity contribution in [2.75, 3.05) is 10.6 Å². The van der Waals surface area contributed by atoms with Gasteiger partial charge in [-0.25, -0.2) is 0 Å². The van der Waals surface area contributed by atoms with E-state index in [0.717, 1.165) is 10.6 Å². The maximum absolute atomic E-state index is 3.94. The second-order valence-electron chi connectivity index (χ2n) is 9.40. The van der Waals surface area contributed by atoms with Gasteiger partial charge in [0.25, 0.3) is 0 Å². The molecular weight excluding hydrogens is 699 g/mol. The molecule has 2 N–H and O–H groups in total. The van der Waals surface area contributed by atoms with Gasteiger partial charge in [0.1, 0.15) is 0 Å². The van der Waals surface area contributed by atoms with Gasteiger partial charge < -0.3 is 0 Å². The van der Waals surface area contributed by atoms with E-state index in [0.29, 0.717) is 41.7 Å². The first-order chi connectivity index (χ1) is 19.8. The molecule has 0 bridgehead atoms. The van der Waals surface area contributed by atoms with Crippen molar-refractivity contribution in [3.63, 3.8) is 0 Å². The van der Waals surface area contributed by atoms with Gasteiger partial charge >= 0.3 is 266 Å². The van der Waals surface area contributed by atoms with Gasteiger partial charge in [-0.3, -0.25) is 0 Å². The van der Waals surface area contributed by atoms with E-state index in [-0.39, 0.29) is 0 Å². The zero-order valence-electron chi connectivity index (χ0n) is 21.4. The summed E-state index contributed by atoms with van der Waals surface area (Å²) in [5, 5.41) is 19.2. The van der Waals surface area contributed by atoms with Crippen LogP contribution in [0.3, 0.4) is 0 Å². The summed E-state index contributed by atoms with van der Waals surface area (Å²) in [5.41, 5.74) is 5.05. The van der Waals surface area contributed by atoms with Crippen molar-refractivity contribution in [1.82, 2.24) is 0 Å². The fourth-order valence-electron chi connectivity index (χ4n) is 5.00. The van der Waals surface area contributed by atoms with Crippen LogP contribution in [0.2, 0.25) is 10.6 Å². The first-order valence-electron chi connectivity index (χ1n) is 13.0. The summed E-state index contributed by atoms with van der Waals surface area (Å²) in [6.07, 6.45) is 0. The number of nitrogens with one attached hydrogen (secondary N) is 2. The van der Waals surface area contributed by atoms with Crippen molar-refractivity contribution < 1.29 is 0 Å². The molecule has 1 aliphatic heterocycles. The maximum atomic E-state index is 3.94. The predicted octanol–water partition coefficient (Wildman–Crippen LogP) is 8.89. The molecule has 40 heavy (non-hydrogen) atoms. The van der Waals surface area contributed by atoms with Gasteiger partial charge in [0.15, 0.2) is 0 Å². The van der Waals surface area contributed by atoms with Crippen molar-refractivity contribution in [1.29, 1.82) is 0 Å². The molecule has 0 fully saturated rings. The Hall–Kier alpha value is -2.12. The molecule has 0 saturated heterocycles. The number of anilines is 4. The molecule has 4 aromatic heterocycles. The summed E-state index contributed by atoms with van der Waals surface area (Å²) in [5.74, 6) is 0.706. The van der Waals surface area contributed by atoms with E-state index in [2.05, 4.69) is 117 Å². The molecule has 6 aromatic rings. The minimum atomic E-state index is 0.353. The topological polar surface area (TPSA) is 24.1 Å². The third-order valence-corrected chi connectivity index (χ3v) is 15.7. The van der Waals surface area contributed by atoms with Crippen LogP contribution in [0.1, 0.15) is 31.3 Å². The van der Waals surface area contributed by atoms with Crippen LogP contribution in [-0.4, -0.2) is 29.9 Å². The molecule has 0 saturated carbocycles. The van der Waals surface area contributed by atoms with Crippen molar-refractivity contribution in [3.8, 4) is 0 Å². The van der Waals surface area contributed by atoms with Gasteiger partial charge in [0, 0.05) is 0 Å². The molecule has 0 amide bonds. The molecule has 1 aliphatic rings. The number of thiophene rings is 4. The molecule has 0 atom stereocenters. The van der Waals surface area contributed by atoms with Gasteiger partial charge in [-0.15, -0.1) is 0 Å². The van der Waals surface area contributed by atoms with Gasteiger partial charge in [0.05, 0.1) is 0 Å². The summed E-state index contributed by atoms with van der Waals surface area (Å²) in [7, 11) is 0. The fraction of sp³-hybridized carbons (Fsp3) is 0.125. The SMILES string of the molecule is c1ccc([Se]CC2c3sccc3Nc3ccsc3C(C[Se]c3ccccc3)c3sccc3Nc3ccsc32)cc1. The normalized spacial score (nSPS) is 16.3. The first kappa shape index (κ1) is 26.8. The van der Waals surface area contributed by atoms with Gasteiger partial charge in [-0.2, -0.15) is 0 Å². The van der Waals surface area contributed by atoms with E-state index in [4.69, 9.17) is 0 Å². The second kappa shape index (κ2) is 12.4. The van der Waals surface area contributed by atoms with E-state index in [9.17, 15) is 0 Å². The Morgan fingerprint density at radius 1 is 0.450 bits per heavy atom. The Kier molecular flexibility index (Phi) is 8.29. The molecule has 0 radical (unpaired) electrons. The summed E-state index contributed by atoms with van der Waals surface area (Å²) >= 11 is 8.35. The molecule has 0 unspecified atom stereocenters. The molecule has 8 heteroatoms. The molecule has 7 rings (SSSR count). The van der Waals surface area contributed by atoms with Crippen LogP contribution in [0.5, 0.6) is 0 Å². The van der Waals surface area contributed by atoms with Crippen molar-refractivity contribution >= 4 is 107 Å². The molecule has 0 spiro atoms. The molecule has 5 heterocycles. The van der Waals surface area contributed by atoms with Crippen LogP contribution in [0.15, 0.2) is 106 Å². The fourth-order valence-corrected chi connectivity index (χ4v) is 14.3. The Labute approximate surface area is 263 Å². The van der Waals surface area contributed by atoms with Gasteiger partial charge in [-0.1, -0.05) is 0 Å². The monoisotopic (exact) mass is 726 g/mol. The number of hydrogen-bond acceptors (Lipinski definition) is 6. The average molecular weight is 725 g/mol. The van der Waals surface area contributed by atoms with Crippen LogP contribution < -0.4 is 19.6 Å². The Morgan fingerprint density at radius 2 is 0.775 bits per heavy atom. The van der Waals surface area contributed by atoms with E-state index in [1.807, 2.05) is 45.3 Å². The number of rotatable bonds is 6. The second-order valence-corrected chi connectivity index (χ2v) is 17.8. The zero-order chi connectivity index (χ0) is 26.7. The van der Waals surface area contributed by atoms with Gasteiger partial charge in [0.2, 0.25) is 0 Å². The van der Waals surface area contributed by atoms with E-state index in [1.54, 1.807) is 0 Å². The predicted molar refractivity (Wildman–Crippen MR) is 181 cm³/mol. The van der Waals surface area contributed by atoms with Crippen LogP contribution in [0.4, 0.5) is 22.7 Å². The van der Waals surface area contributed by atoms with Crippen molar-refractivity contribution in [3.05, 3.63) is 126 Å². The number of fused-ring (bicyclic) bond motifs is 4. The van der Waals surface area contributed by atoms with E-state index >= 15 is 0 Å². The Bertz CT molecular complexity index is 1480. The van der Waals surface area contributed by atoms with Crippen molar-refractivity contribution in [2.45, 2.75) is 22.5 Å². The third-order valence-electron chi connectivity index (χ3n) is 6.91. The van der Waals surface area contributed by atoms with Crippen LogP contribution >= 0.6 is 45.3 Å². The van der Waals surface area contributed by atoms with E-state index in [1.165, 1.54) is 51.2 Å². The molecule has 2 aromatic carbocycles. The first-order valence-corrected chi connectivity index (χ1v) is 20.7. The Morgan fingerprint density at radius 3 is 1.10 bits per heavy atom. The Balaban J connectivity index is 1.30. The summed E-state index contributed by atoms with van der Waals surface area (Å²) in [4.78, 5) is 5.77. The zero-order valence-corrected chi connectivity index (χ0v) is 28.1. The van der Waals surface area contributed by atoms with Crippen LogP contribution in [-0.2, 0) is 0 Å². The quantitative estimate of drug-likeness (QED) is 0.168. The molecule has 2 nitrogen and oxygen atoms in total. The minimum absolute atomic E-state index is 0.353. The van der Waals surface area contributed by atoms with Crippen LogP contribution in [0.25, 0.3) is 0 Å². The van der Waals surface area contributed by atoms with Crippen molar-refractivity contribution in [2.24, 2.45) is 0 Å². The van der Waals surface area contributed by atoms with Crippen LogP contribution in [0, 0.1) is 0 Å². The van der Waals surface area contributed by atoms with E-state index < -0.39 is 0 Å².